The van der Waals surface area contributed by atoms with Gasteiger partial charge in [-0.3, -0.25) is 4.99 Å². The first-order valence-electron chi connectivity index (χ1n) is 8.57. The molecule has 0 aromatic heterocycles. The third kappa shape index (κ3) is 5.09. The molecule has 1 aromatic rings. The molecule has 1 aromatic carbocycles. The SMILES string of the molecule is CN=C(NCC1(c2ccccc2)CCC1)NCC(C)(C)N(C)C.I. The second-order valence-electron chi connectivity index (χ2n) is 7.49. The van der Waals surface area contributed by atoms with Crippen molar-refractivity contribution in [3.05, 3.63) is 35.9 Å². The van der Waals surface area contributed by atoms with E-state index in [1.165, 1.54) is 24.8 Å². The molecule has 24 heavy (non-hydrogen) atoms. The molecule has 1 aliphatic carbocycles. The van der Waals surface area contributed by atoms with Crippen molar-refractivity contribution in [2.75, 3.05) is 34.2 Å². The monoisotopic (exact) mass is 444 g/mol. The molecule has 0 unspecified atom stereocenters. The Bertz CT molecular complexity index is 521. The molecular formula is C19H33IN4. The van der Waals surface area contributed by atoms with Gasteiger partial charge in [-0.05, 0) is 46.3 Å². The highest BCUT2D eigenvalue weighted by molar-refractivity contribution is 14.0. The zero-order chi connectivity index (χ0) is 16.9. The molecule has 2 N–H and O–H groups in total. The number of guanidine groups is 1. The van der Waals surface area contributed by atoms with Crippen molar-refractivity contribution in [2.24, 2.45) is 4.99 Å². The summed E-state index contributed by atoms with van der Waals surface area (Å²) in [6, 6.07) is 10.9. The zero-order valence-corrected chi connectivity index (χ0v) is 18.1. The van der Waals surface area contributed by atoms with Crippen LogP contribution in [0.3, 0.4) is 0 Å². The van der Waals surface area contributed by atoms with Gasteiger partial charge in [-0.1, -0.05) is 36.8 Å². The fraction of sp³-hybridized carbons (Fsp3) is 0.632. The van der Waals surface area contributed by atoms with Crippen LogP contribution >= 0.6 is 24.0 Å². The standard InChI is InChI=1S/C19H32N4.HI/c1-18(2,23(4)5)14-21-17(20-3)22-15-19(12-9-13-19)16-10-7-6-8-11-16;/h6-8,10-11H,9,12-15H2,1-5H3,(H2,20,21,22);1H. The third-order valence-electron chi connectivity index (χ3n) is 5.41. The Morgan fingerprint density at radius 3 is 2.25 bits per heavy atom. The lowest BCUT2D eigenvalue weighted by Gasteiger charge is -2.43. The van der Waals surface area contributed by atoms with Crippen LogP contribution in [0, 0.1) is 0 Å². The maximum Gasteiger partial charge on any atom is 0.191 e. The second kappa shape index (κ2) is 9.04. The number of benzene rings is 1. The first-order valence-corrected chi connectivity index (χ1v) is 8.57. The molecule has 4 nitrogen and oxygen atoms in total. The average molecular weight is 444 g/mol. The maximum absolute atomic E-state index is 4.38. The lowest BCUT2D eigenvalue weighted by Crippen LogP contribution is -2.53. The van der Waals surface area contributed by atoms with Crippen molar-refractivity contribution < 1.29 is 0 Å². The zero-order valence-electron chi connectivity index (χ0n) is 15.7. The van der Waals surface area contributed by atoms with Gasteiger partial charge < -0.3 is 15.5 Å². The number of nitrogens with one attached hydrogen (secondary N) is 2. The number of hydrogen-bond donors (Lipinski definition) is 2. The molecule has 0 atom stereocenters. The number of hydrogen-bond acceptors (Lipinski definition) is 2. The molecular weight excluding hydrogens is 411 g/mol. The fourth-order valence-electron chi connectivity index (χ4n) is 2.89. The number of aliphatic imine (C=N–C) groups is 1. The Kier molecular flexibility index (Phi) is 7.99. The summed E-state index contributed by atoms with van der Waals surface area (Å²) in [6.45, 7) is 6.26. The van der Waals surface area contributed by atoms with Crippen LogP contribution in [0.2, 0.25) is 0 Å². The minimum atomic E-state index is 0. The highest BCUT2D eigenvalue weighted by Gasteiger charge is 2.38. The van der Waals surface area contributed by atoms with Crippen LogP contribution in [0.4, 0.5) is 0 Å². The second-order valence-corrected chi connectivity index (χ2v) is 7.49. The Morgan fingerprint density at radius 1 is 1.17 bits per heavy atom. The highest BCUT2D eigenvalue weighted by Crippen LogP contribution is 2.43. The number of rotatable bonds is 6. The summed E-state index contributed by atoms with van der Waals surface area (Å²) in [5.74, 6) is 0.891. The molecule has 136 valence electrons. The normalized spacial score (nSPS) is 17.0. The van der Waals surface area contributed by atoms with Gasteiger partial charge in [0.2, 0.25) is 0 Å². The van der Waals surface area contributed by atoms with Crippen molar-refractivity contribution in [1.82, 2.24) is 15.5 Å². The van der Waals surface area contributed by atoms with E-state index in [-0.39, 0.29) is 34.9 Å². The minimum Gasteiger partial charge on any atom is -0.356 e. The molecule has 0 radical (unpaired) electrons. The van der Waals surface area contributed by atoms with Gasteiger partial charge >= 0.3 is 0 Å². The summed E-state index contributed by atoms with van der Waals surface area (Å²) in [5.41, 5.74) is 1.81. The lowest BCUT2D eigenvalue weighted by molar-refractivity contribution is 0.197. The van der Waals surface area contributed by atoms with Crippen LogP contribution < -0.4 is 10.6 Å². The Labute approximate surface area is 164 Å². The molecule has 1 fully saturated rings. The van der Waals surface area contributed by atoms with Gasteiger partial charge in [0.25, 0.3) is 0 Å². The molecule has 0 heterocycles. The van der Waals surface area contributed by atoms with E-state index in [1.54, 1.807) is 0 Å². The molecule has 0 amide bonds. The van der Waals surface area contributed by atoms with Gasteiger partial charge in [-0.15, -0.1) is 24.0 Å². The summed E-state index contributed by atoms with van der Waals surface area (Å²) in [7, 11) is 6.06. The molecule has 5 heteroatoms. The predicted octanol–water partition coefficient (Wildman–Crippen LogP) is 3.23. The molecule has 0 spiro atoms. The fourth-order valence-corrected chi connectivity index (χ4v) is 2.89. The lowest BCUT2D eigenvalue weighted by atomic mass is 9.64. The van der Waals surface area contributed by atoms with Crippen LogP contribution in [0.25, 0.3) is 0 Å². The largest absolute Gasteiger partial charge is 0.356 e. The van der Waals surface area contributed by atoms with Gasteiger partial charge in [-0.2, -0.15) is 0 Å². The van der Waals surface area contributed by atoms with E-state index >= 15 is 0 Å². The van der Waals surface area contributed by atoms with Crippen LogP contribution in [0.1, 0.15) is 38.7 Å². The van der Waals surface area contributed by atoms with E-state index in [0.29, 0.717) is 0 Å². The van der Waals surface area contributed by atoms with E-state index in [9.17, 15) is 0 Å². The molecule has 2 rings (SSSR count). The first-order chi connectivity index (χ1) is 10.9. The molecule has 1 saturated carbocycles. The van der Waals surface area contributed by atoms with Crippen LogP contribution in [-0.2, 0) is 5.41 Å². The van der Waals surface area contributed by atoms with Crippen molar-refractivity contribution in [3.8, 4) is 0 Å². The minimum absolute atomic E-state index is 0. The Hall–Kier alpha value is -0.820. The van der Waals surface area contributed by atoms with Crippen molar-refractivity contribution >= 4 is 29.9 Å². The van der Waals surface area contributed by atoms with Gasteiger partial charge in [0.15, 0.2) is 5.96 Å². The van der Waals surface area contributed by atoms with E-state index < -0.39 is 0 Å². The summed E-state index contributed by atoms with van der Waals surface area (Å²) in [5, 5.41) is 7.00. The molecule has 0 saturated heterocycles. The van der Waals surface area contributed by atoms with Crippen molar-refractivity contribution in [2.45, 2.75) is 44.1 Å². The van der Waals surface area contributed by atoms with E-state index in [0.717, 1.165) is 19.0 Å². The third-order valence-corrected chi connectivity index (χ3v) is 5.41. The van der Waals surface area contributed by atoms with Crippen LogP contribution in [0.5, 0.6) is 0 Å². The molecule has 1 aliphatic rings. The predicted molar refractivity (Wildman–Crippen MR) is 115 cm³/mol. The Morgan fingerprint density at radius 2 is 1.79 bits per heavy atom. The smallest absolute Gasteiger partial charge is 0.191 e. The van der Waals surface area contributed by atoms with Crippen molar-refractivity contribution in [1.29, 1.82) is 0 Å². The van der Waals surface area contributed by atoms with Crippen LogP contribution in [-0.4, -0.2) is 50.6 Å². The number of halogens is 1. The highest BCUT2D eigenvalue weighted by atomic mass is 127. The summed E-state index contributed by atoms with van der Waals surface area (Å²) < 4.78 is 0. The summed E-state index contributed by atoms with van der Waals surface area (Å²) >= 11 is 0. The molecule has 0 aliphatic heterocycles. The first kappa shape index (κ1) is 21.2. The molecule has 0 bridgehead atoms. The topological polar surface area (TPSA) is 39.7 Å². The van der Waals surface area contributed by atoms with Crippen molar-refractivity contribution in [3.63, 3.8) is 0 Å². The van der Waals surface area contributed by atoms with Gasteiger partial charge in [0.05, 0.1) is 0 Å². The van der Waals surface area contributed by atoms with Crippen LogP contribution in [0.15, 0.2) is 35.3 Å². The van der Waals surface area contributed by atoms with E-state index in [4.69, 9.17) is 0 Å². The maximum atomic E-state index is 4.38. The average Bonchev–Trinajstić information content (AvgIpc) is 2.50. The van der Waals surface area contributed by atoms with E-state index in [1.807, 2.05) is 7.05 Å². The van der Waals surface area contributed by atoms with Gasteiger partial charge in [-0.25, -0.2) is 0 Å². The number of likely N-dealkylation sites (N-methyl/N-ethyl adjacent to an activating group) is 1. The Balaban J connectivity index is 0.00000288. The number of nitrogens with zero attached hydrogens (tertiary/aromatic N) is 2. The summed E-state index contributed by atoms with van der Waals surface area (Å²) in [4.78, 5) is 6.61. The van der Waals surface area contributed by atoms with E-state index in [2.05, 4.69) is 78.8 Å². The quantitative estimate of drug-likeness (QED) is 0.402. The van der Waals surface area contributed by atoms with Gasteiger partial charge in [0, 0.05) is 31.1 Å². The van der Waals surface area contributed by atoms with Gasteiger partial charge in [0.1, 0.15) is 0 Å². The summed E-state index contributed by atoms with van der Waals surface area (Å²) in [6.07, 6.45) is 3.82.